The summed E-state index contributed by atoms with van der Waals surface area (Å²) in [6.07, 6.45) is 0.308. The van der Waals surface area contributed by atoms with Gasteiger partial charge in [-0.25, -0.2) is 4.79 Å². The van der Waals surface area contributed by atoms with Crippen LogP contribution in [0.4, 0.5) is 16.2 Å². The number of hydrogen-bond acceptors (Lipinski definition) is 4. The molecule has 0 aromatic heterocycles. The number of aliphatic hydroxyl groups is 1. The third-order valence-electron chi connectivity index (χ3n) is 4.41. The van der Waals surface area contributed by atoms with Crippen LogP contribution in [0.3, 0.4) is 0 Å². The molecule has 6 nitrogen and oxygen atoms in total. The molecule has 0 bridgehead atoms. The normalized spacial score (nSPS) is 23.5. The van der Waals surface area contributed by atoms with Crippen LogP contribution in [0, 0.1) is 5.92 Å². The summed E-state index contributed by atoms with van der Waals surface area (Å²) in [6, 6.07) is 7.43. The van der Waals surface area contributed by atoms with Crippen LogP contribution in [-0.4, -0.2) is 49.1 Å². The van der Waals surface area contributed by atoms with Crippen molar-refractivity contribution in [1.29, 1.82) is 0 Å². The smallest absolute Gasteiger partial charge is 0.319 e. The first-order valence-electron chi connectivity index (χ1n) is 8.58. The van der Waals surface area contributed by atoms with E-state index < -0.39 is 0 Å². The highest BCUT2D eigenvalue weighted by atomic mass is 16.5. The predicted molar refractivity (Wildman–Crippen MR) is 96.5 cm³/mol. The number of aliphatic hydroxyl groups excluding tert-OH is 1. The van der Waals surface area contributed by atoms with Crippen molar-refractivity contribution in [3.8, 4) is 0 Å². The van der Waals surface area contributed by atoms with Crippen LogP contribution in [0.25, 0.3) is 0 Å². The maximum absolute atomic E-state index is 12.3. The highest BCUT2D eigenvalue weighted by Gasteiger charge is 2.24. The van der Waals surface area contributed by atoms with E-state index >= 15 is 0 Å². The molecule has 6 heteroatoms. The third-order valence-corrected chi connectivity index (χ3v) is 4.41. The Kier molecular flexibility index (Phi) is 6.45. The Bertz CT molecular complexity index is 542. The summed E-state index contributed by atoms with van der Waals surface area (Å²) in [6.45, 7) is 9.53. The lowest BCUT2D eigenvalue weighted by Crippen LogP contribution is -2.46. The molecule has 3 N–H and O–H groups in total. The lowest BCUT2D eigenvalue weighted by atomic mass is 10.1. The van der Waals surface area contributed by atoms with E-state index in [0.717, 1.165) is 24.5 Å². The largest absolute Gasteiger partial charge is 0.396 e. The summed E-state index contributed by atoms with van der Waals surface area (Å²) in [5.74, 6) is 0.00642. The number of rotatable bonds is 5. The molecule has 1 saturated heterocycles. The average molecular weight is 335 g/mol. The lowest BCUT2D eigenvalue weighted by Gasteiger charge is -2.37. The van der Waals surface area contributed by atoms with Gasteiger partial charge in [0.15, 0.2) is 0 Å². The molecule has 2 amide bonds. The molecule has 0 radical (unpaired) electrons. The summed E-state index contributed by atoms with van der Waals surface area (Å²) >= 11 is 0. The minimum absolute atomic E-state index is 0.00642. The maximum Gasteiger partial charge on any atom is 0.319 e. The molecule has 0 spiro atoms. The van der Waals surface area contributed by atoms with E-state index in [9.17, 15) is 9.90 Å². The van der Waals surface area contributed by atoms with Gasteiger partial charge in [0.2, 0.25) is 0 Å². The Morgan fingerprint density at radius 1 is 1.29 bits per heavy atom. The molecule has 134 valence electrons. The fraction of sp³-hybridized carbons (Fsp3) is 0.611. The number of para-hydroxylation sites is 2. The van der Waals surface area contributed by atoms with E-state index in [1.54, 1.807) is 0 Å². The Morgan fingerprint density at radius 2 is 1.92 bits per heavy atom. The number of hydrogen-bond donors (Lipinski definition) is 3. The molecule has 0 saturated carbocycles. The van der Waals surface area contributed by atoms with Crippen LogP contribution in [0.15, 0.2) is 24.3 Å². The standard InChI is InChI=1S/C18H29N3O3/c1-12(11-22)15(4)19-18(23)20-16-7-5-6-8-17(16)21-9-13(2)24-14(3)10-21/h5-8,12-15,22H,9-11H2,1-4H3,(H2,19,20,23). The lowest BCUT2D eigenvalue weighted by molar-refractivity contribution is -0.00517. The van der Waals surface area contributed by atoms with E-state index in [1.165, 1.54) is 0 Å². The van der Waals surface area contributed by atoms with Crippen molar-refractivity contribution in [3.05, 3.63) is 24.3 Å². The summed E-state index contributed by atoms with van der Waals surface area (Å²) in [7, 11) is 0. The summed E-state index contributed by atoms with van der Waals surface area (Å²) in [5.41, 5.74) is 1.78. The fourth-order valence-electron chi connectivity index (χ4n) is 2.90. The van der Waals surface area contributed by atoms with Crippen LogP contribution in [0.1, 0.15) is 27.7 Å². The number of nitrogens with one attached hydrogen (secondary N) is 2. The number of urea groups is 1. The van der Waals surface area contributed by atoms with Gasteiger partial charge in [-0.1, -0.05) is 19.1 Å². The first kappa shape index (κ1) is 18.5. The quantitative estimate of drug-likeness (QED) is 0.773. The van der Waals surface area contributed by atoms with Gasteiger partial charge in [0.25, 0.3) is 0 Å². The van der Waals surface area contributed by atoms with Crippen molar-refractivity contribution in [2.45, 2.75) is 45.9 Å². The molecule has 1 aliphatic heterocycles. The van der Waals surface area contributed by atoms with E-state index in [-0.39, 0.29) is 36.8 Å². The predicted octanol–water partition coefficient (Wildman–Crippen LogP) is 2.44. The second kappa shape index (κ2) is 8.35. The van der Waals surface area contributed by atoms with Crippen molar-refractivity contribution >= 4 is 17.4 Å². The van der Waals surface area contributed by atoms with Gasteiger partial charge in [-0.2, -0.15) is 0 Å². The van der Waals surface area contributed by atoms with Gasteiger partial charge in [0.1, 0.15) is 0 Å². The average Bonchev–Trinajstić information content (AvgIpc) is 2.53. The van der Waals surface area contributed by atoms with E-state index in [0.29, 0.717) is 0 Å². The molecular weight excluding hydrogens is 306 g/mol. The Hall–Kier alpha value is -1.79. The highest BCUT2D eigenvalue weighted by Crippen LogP contribution is 2.28. The molecule has 4 unspecified atom stereocenters. The number of nitrogens with zero attached hydrogens (tertiary/aromatic N) is 1. The summed E-state index contributed by atoms with van der Waals surface area (Å²) < 4.78 is 5.79. The molecule has 1 aliphatic rings. The number of carbonyl (C=O) groups excluding carboxylic acids is 1. The number of anilines is 2. The van der Waals surface area contributed by atoms with Crippen molar-refractivity contribution in [3.63, 3.8) is 0 Å². The molecule has 24 heavy (non-hydrogen) atoms. The van der Waals surface area contributed by atoms with Crippen LogP contribution in [0.5, 0.6) is 0 Å². The van der Waals surface area contributed by atoms with Gasteiger partial charge in [0.05, 0.1) is 23.6 Å². The van der Waals surface area contributed by atoms with Crippen molar-refractivity contribution in [2.75, 3.05) is 29.9 Å². The fourth-order valence-corrected chi connectivity index (χ4v) is 2.90. The first-order chi connectivity index (χ1) is 11.4. The second-order valence-corrected chi connectivity index (χ2v) is 6.73. The first-order valence-corrected chi connectivity index (χ1v) is 8.58. The van der Waals surface area contributed by atoms with Crippen LogP contribution >= 0.6 is 0 Å². The van der Waals surface area contributed by atoms with Crippen LogP contribution in [0.2, 0.25) is 0 Å². The maximum atomic E-state index is 12.3. The minimum atomic E-state index is -0.260. The minimum Gasteiger partial charge on any atom is -0.396 e. The Morgan fingerprint density at radius 3 is 2.54 bits per heavy atom. The summed E-state index contributed by atoms with van der Waals surface area (Å²) in [5, 5.41) is 15.0. The number of ether oxygens (including phenoxy) is 1. The number of carbonyl (C=O) groups is 1. The van der Waals surface area contributed by atoms with Crippen molar-refractivity contribution < 1.29 is 14.6 Å². The molecule has 1 fully saturated rings. The van der Waals surface area contributed by atoms with Gasteiger partial charge in [-0.05, 0) is 38.8 Å². The van der Waals surface area contributed by atoms with E-state index in [4.69, 9.17) is 4.74 Å². The van der Waals surface area contributed by atoms with Crippen molar-refractivity contribution in [2.24, 2.45) is 5.92 Å². The van der Waals surface area contributed by atoms with Gasteiger partial charge >= 0.3 is 6.03 Å². The van der Waals surface area contributed by atoms with Gasteiger partial charge in [-0.3, -0.25) is 0 Å². The van der Waals surface area contributed by atoms with Gasteiger partial charge in [-0.15, -0.1) is 0 Å². The zero-order chi connectivity index (χ0) is 17.7. The molecule has 0 aliphatic carbocycles. The zero-order valence-corrected chi connectivity index (χ0v) is 15.0. The van der Waals surface area contributed by atoms with Crippen molar-refractivity contribution in [1.82, 2.24) is 5.32 Å². The number of amides is 2. The van der Waals surface area contributed by atoms with Gasteiger partial charge in [0, 0.05) is 25.7 Å². The molecular formula is C18H29N3O3. The van der Waals surface area contributed by atoms with Gasteiger partial charge < -0.3 is 25.4 Å². The second-order valence-electron chi connectivity index (χ2n) is 6.73. The van der Waals surface area contributed by atoms with Crippen LogP contribution < -0.4 is 15.5 Å². The molecule has 1 aromatic rings. The molecule has 1 aromatic carbocycles. The van der Waals surface area contributed by atoms with E-state index in [2.05, 4.69) is 29.4 Å². The topological polar surface area (TPSA) is 73.8 Å². The SMILES string of the molecule is CC1CN(c2ccccc2NC(=O)NC(C)C(C)CO)CC(C)O1. The zero-order valence-electron chi connectivity index (χ0n) is 15.0. The molecule has 4 atom stereocenters. The molecule has 2 rings (SSSR count). The van der Waals surface area contributed by atoms with E-state index in [1.807, 2.05) is 38.1 Å². The Balaban J connectivity index is 2.07. The molecule has 1 heterocycles. The number of morpholine rings is 1. The summed E-state index contributed by atoms with van der Waals surface area (Å²) in [4.78, 5) is 14.5. The number of benzene rings is 1. The third kappa shape index (κ3) is 4.85. The highest BCUT2D eigenvalue weighted by molar-refractivity contribution is 5.93. The monoisotopic (exact) mass is 335 g/mol. The Labute approximate surface area is 144 Å². The van der Waals surface area contributed by atoms with Crippen LogP contribution in [-0.2, 0) is 4.74 Å².